The molecular weight excluding hydrogens is 292 g/mol. The molecule has 0 bridgehead atoms. The predicted molar refractivity (Wildman–Crippen MR) is 85.6 cm³/mol. The van der Waals surface area contributed by atoms with Gasteiger partial charge in [-0.3, -0.25) is 0 Å². The molecule has 0 aliphatic heterocycles. The summed E-state index contributed by atoms with van der Waals surface area (Å²) in [5, 5.41) is 5.05. The zero-order valence-corrected chi connectivity index (χ0v) is 14.6. The number of hydrogen-bond acceptors (Lipinski definition) is 4. The summed E-state index contributed by atoms with van der Waals surface area (Å²) in [7, 11) is -3.41. The summed E-state index contributed by atoms with van der Waals surface area (Å²) in [6.45, 7) is 11.9. The van der Waals surface area contributed by atoms with Crippen molar-refractivity contribution in [3.63, 3.8) is 0 Å². The van der Waals surface area contributed by atoms with Crippen molar-refractivity contribution in [2.24, 2.45) is 5.92 Å². The molecule has 20 heavy (non-hydrogen) atoms. The third kappa shape index (κ3) is 4.28. The smallest absolute Gasteiger partial charge is 0.244 e. The summed E-state index contributed by atoms with van der Waals surface area (Å²) in [4.78, 5) is 1.35. The highest BCUT2D eigenvalue weighted by molar-refractivity contribution is 7.89. The van der Waals surface area contributed by atoms with Crippen molar-refractivity contribution in [3.8, 4) is 0 Å². The van der Waals surface area contributed by atoms with E-state index in [1.807, 2.05) is 40.0 Å². The van der Waals surface area contributed by atoms with Gasteiger partial charge in [-0.05, 0) is 37.8 Å². The van der Waals surface area contributed by atoms with Crippen LogP contribution in [-0.2, 0) is 16.6 Å². The lowest BCUT2D eigenvalue weighted by Crippen LogP contribution is -2.39. The Bertz CT molecular complexity index is 507. The molecule has 0 aromatic carbocycles. The number of nitrogens with zero attached hydrogens (tertiary/aromatic N) is 1. The zero-order valence-electron chi connectivity index (χ0n) is 13.0. The summed E-state index contributed by atoms with van der Waals surface area (Å²) in [6, 6.07) is 1.69. The van der Waals surface area contributed by atoms with Crippen molar-refractivity contribution in [2.75, 3.05) is 13.1 Å². The lowest BCUT2D eigenvalue weighted by molar-refractivity contribution is 0.318. The third-order valence-corrected chi connectivity index (χ3v) is 6.12. The average Bonchev–Trinajstić information content (AvgIpc) is 2.81. The van der Waals surface area contributed by atoms with E-state index in [1.165, 1.54) is 11.3 Å². The quantitative estimate of drug-likeness (QED) is 0.802. The maximum Gasteiger partial charge on any atom is 0.244 e. The van der Waals surface area contributed by atoms with Crippen molar-refractivity contribution >= 4 is 21.4 Å². The molecule has 1 N–H and O–H groups in total. The van der Waals surface area contributed by atoms with E-state index in [1.54, 1.807) is 10.4 Å². The van der Waals surface area contributed by atoms with Crippen molar-refractivity contribution < 1.29 is 8.42 Å². The maximum absolute atomic E-state index is 12.9. The molecule has 0 radical (unpaired) electrons. The second-order valence-corrected chi connectivity index (χ2v) is 8.41. The summed E-state index contributed by atoms with van der Waals surface area (Å²) in [6.07, 6.45) is 0. The van der Waals surface area contributed by atoms with E-state index in [4.69, 9.17) is 0 Å². The van der Waals surface area contributed by atoms with E-state index in [2.05, 4.69) is 5.32 Å². The zero-order chi connectivity index (χ0) is 15.3. The number of nitrogens with one attached hydrogen (secondary N) is 1. The number of hydrogen-bond donors (Lipinski definition) is 1. The normalized spacial score (nSPS) is 12.8. The fraction of sp³-hybridized carbons (Fsp3) is 0.714. The van der Waals surface area contributed by atoms with Crippen LogP contribution in [0.2, 0.25) is 0 Å². The van der Waals surface area contributed by atoms with Crippen molar-refractivity contribution in [1.29, 1.82) is 0 Å². The van der Waals surface area contributed by atoms with Gasteiger partial charge in [0.05, 0.1) is 4.90 Å². The standard InChI is InChI=1S/C14H26N2O2S2/c1-6-15-9-13-14(7-8-19-13)20(17,18)16(12(4)5)10-11(2)3/h7-8,11-12,15H,6,9-10H2,1-5H3. The molecule has 1 heterocycles. The number of sulfonamides is 1. The van der Waals surface area contributed by atoms with E-state index >= 15 is 0 Å². The molecule has 6 heteroatoms. The molecule has 0 amide bonds. The molecule has 0 unspecified atom stereocenters. The molecule has 0 saturated carbocycles. The van der Waals surface area contributed by atoms with Gasteiger partial charge in [-0.15, -0.1) is 11.3 Å². The molecule has 0 aliphatic rings. The first kappa shape index (κ1) is 17.6. The molecular formula is C14H26N2O2S2. The van der Waals surface area contributed by atoms with Crippen LogP contribution in [-0.4, -0.2) is 31.9 Å². The summed E-state index contributed by atoms with van der Waals surface area (Å²) < 4.78 is 27.3. The Morgan fingerprint density at radius 1 is 1.30 bits per heavy atom. The molecule has 0 saturated heterocycles. The van der Waals surface area contributed by atoms with Crippen LogP contribution >= 0.6 is 11.3 Å². The molecule has 0 spiro atoms. The molecule has 1 aromatic heterocycles. The summed E-state index contributed by atoms with van der Waals surface area (Å²) in [5.74, 6) is 0.308. The highest BCUT2D eigenvalue weighted by Crippen LogP contribution is 2.27. The van der Waals surface area contributed by atoms with Crippen LogP contribution in [0.15, 0.2) is 16.3 Å². The van der Waals surface area contributed by atoms with Crippen LogP contribution in [0.25, 0.3) is 0 Å². The number of thiophene rings is 1. The Kier molecular flexibility index (Phi) is 6.64. The minimum absolute atomic E-state index is 0.0331. The van der Waals surface area contributed by atoms with Crippen LogP contribution in [0.3, 0.4) is 0 Å². The van der Waals surface area contributed by atoms with Gasteiger partial charge < -0.3 is 5.32 Å². The molecule has 0 atom stereocenters. The minimum atomic E-state index is -3.41. The third-order valence-electron chi connectivity index (χ3n) is 2.95. The van der Waals surface area contributed by atoms with Crippen LogP contribution in [0, 0.1) is 5.92 Å². The monoisotopic (exact) mass is 318 g/mol. The highest BCUT2D eigenvalue weighted by atomic mass is 32.2. The van der Waals surface area contributed by atoms with Crippen LogP contribution in [0.1, 0.15) is 39.5 Å². The lowest BCUT2D eigenvalue weighted by atomic mass is 10.2. The molecule has 1 aromatic rings. The summed E-state index contributed by atoms with van der Waals surface area (Å²) in [5.41, 5.74) is 0. The van der Waals surface area contributed by atoms with Gasteiger partial charge >= 0.3 is 0 Å². The van der Waals surface area contributed by atoms with E-state index in [9.17, 15) is 8.42 Å². The van der Waals surface area contributed by atoms with Gasteiger partial charge in [0.1, 0.15) is 0 Å². The topological polar surface area (TPSA) is 49.4 Å². The van der Waals surface area contributed by atoms with Gasteiger partial charge in [-0.1, -0.05) is 20.8 Å². The van der Waals surface area contributed by atoms with Crippen LogP contribution < -0.4 is 5.32 Å². The molecule has 4 nitrogen and oxygen atoms in total. The summed E-state index contributed by atoms with van der Waals surface area (Å²) >= 11 is 1.50. The first-order valence-corrected chi connectivity index (χ1v) is 9.41. The second-order valence-electron chi connectivity index (χ2n) is 5.55. The first-order valence-electron chi connectivity index (χ1n) is 7.09. The number of rotatable bonds is 8. The lowest BCUT2D eigenvalue weighted by Gasteiger charge is -2.27. The Balaban J connectivity index is 3.10. The van der Waals surface area contributed by atoms with E-state index in [0.29, 0.717) is 23.9 Å². The molecule has 0 fully saturated rings. The van der Waals surface area contributed by atoms with Crippen LogP contribution in [0.5, 0.6) is 0 Å². The Hall–Kier alpha value is -0.430. The average molecular weight is 319 g/mol. The minimum Gasteiger partial charge on any atom is -0.312 e. The molecule has 0 aliphatic carbocycles. The van der Waals surface area contributed by atoms with Crippen molar-refractivity contribution in [2.45, 2.75) is 52.1 Å². The van der Waals surface area contributed by atoms with Crippen LogP contribution in [0.4, 0.5) is 0 Å². The van der Waals surface area contributed by atoms with E-state index < -0.39 is 10.0 Å². The van der Waals surface area contributed by atoms with Gasteiger partial charge in [0.25, 0.3) is 0 Å². The fourth-order valence-corrected chi connectivity index (χ4v) is 5.19. The molecule has 116 valence electrons. The van der Waals surface area contributed by atoms with E-state index in [0.717, 1.165) is 11.4 Å². The van der Waals surface area contributed by atoms with Crippen molar-refractivity contribution in [3.05, 3.63) is 16.3 Å². The Labute approximate surface area is 127 Å². The molecule has 1 rings (SSSR count). The largest absolute Gasteiger partial charge is 0.312 e. The predicted octanol–water partition coefficient (Wildman–Crippen LogP) is 2.91. The highest BCUT2D eigenvalue weighted by Gasteiger charge is 2.30. The fourth-order valence-electron chi connectivity index (χ4n) is 2.00. The van der Waals surface area contributed by atoms with Gasteiger partial charge in [0.15, 0.2) is 0 Å². The van der Waals surface area contributed by atoms with Gasteiger partial charge in [-0.25, -0.2) is 8.42 Å². The van der Waals surface area contributed by atoms with E-state index in [-0.39, 0.29) is 6.04 Å². The van der Waals surface area contributed by atoms with Gasteiger partial charge in [0.2, 0.25) is 10.0 Å². The second kappa shape index (κ2) is 7.54. The van der Waals surface area contributed by atoms with Gasteiger partial charge in [0, 0.05) is 24.0 Å². The Morgan fingerprint density at radius 2 is 1.95 bits per heavy atom. The van der Waals surface area contributed by atoms with Gasteiger partial charge in [-0.2, -0.15) is 4.31 Å². The Morgan fingerprint density at radius 3 is 2.45 bits per heavy atom. The first-order chi connectivity index (χ1) is 9.30. The maximum atomic E-state index is 12.9. The van der Waals surface area contributed by atoms with Crippen molar-refractivity contribution in [1.82, 2.24) is 9.62 Å². The SMILES string of the molecule is CCNCc1sccc1S(=O)(=O)N(CC(C)C)C(C)C.